The van der Waals surface area contributed by atoms with Crippen molar-refractivity contribution in [2.45, 2.75) is 6.42 Å². The first-order valence-electron chi connectivity index (χ1n) is 7.54. The van der Waals surface area contributed by atoms with Crippen molar-refractivity contribution in [1.29, 1.82) is 0 Å². The Morgan fingerprint density at radius 1 is 1.08 bits per heavy atom. The maximum Gasteiger partial charge on any atom is 0.347 e. The zero-order chi connectivity index (χ0) is 18.7. The predicted molar refractivity (Wildman–Crippen MR) is 99.3 cm³/mol. The third-order valence-electron chi connectivity index (χ3n) is 3.72. The van der Waals surface area contributed by atoms with E-state index in [1.165, 1.54) is 0 Å². The first kappa shape index (κ1) is 17.9. The van der Waals surface area contributed by atoms with E-state index in [4.69, 9.17) is 16.7 Å². The summed E-state index contributed by atoms with van der Waals surface area (Å²) in [5, 5.41) is 14.2. The Balaban J connectivity index is 2.15. The number of aliphatic carboxylic acids is 1. The van der Waals surface area contributed by atoms with E-state index in [1.54, 1.807) is 35.1 Å². The van der Waals surface area contributed by atoms with Gasteiger partial charge in [-0.2, -0.15) is 13.5 Å². The van der Waals surface area contributed by atoms with E-state index in [1.807, 2.05) is 30.3 Å². The molecule has 0 radical (unpaired) electrons. The normalized spacial score (nSPS) is 10.5. The van der Waals surface area contributed by atoms with Crippen molar-refractivity contribution in [1.82, 2.24) is 9.78 Å². The lowest BCUT2D eigenvalue weighted by molar-refractivity contribution is -0.129. The molecule has 6 nitrogen and oxygen atoms in total. The van der Waals surface area contributed by atoms with Gasteiger partial charge in [-0.3, -0.25) is 0 Å². The summed E-state index contributed by atoms with van der Waals surface area (Å²) in [5.74, 6) is -1.48. The average Bonchev–Trinajstić information content (AvgIpc) is 3.04. The molecule has 2 aromatic carbocycles. The summed E-state index contributed by atoms with van der Waals surface area (Å²) in [6, 6.07) is 16.1. The predicted octanol–water partition coefficient (Wildman–Crippen LogP) is 2.87. The molecule has 26 heavy (non-hydrogen) atoms. The number of hydrogen-bond acceptors (Lipinski definition) is 4. The van der Waals surface area contributed by atoms with Gasteiger partial charge < -0.3 is 5.11 Å². The molecule has 3 aromatic rings. The molecule has 0 amide bonds. The van der Waals surface area contributed by atoms with E-state index in [9.17, 15) is 13.2 Å². The number of carboxylic acid groups (broad SMARTS) is 1. The van der Waals surface area contributed by atoms with Crippen molar-refractivity contribution in [3.63, 3.8) is 0 Å². The van der Waals surface area contributed by atoms with E-state index >= 15 is 0 Å². The van der Waals surface area contributed by atoms with Crippen LogP contribution in [0.25, 0.3) is 16.9 Å². The van der Waals surface area contributed by atoms with E-state index < -0.39 is 21.1 Å². The molecule has 0 spiro atoms. The third-order valence-corrected chi connectivity index (χ3v) is 4.69. The zero-order valence-corrected chi connectivity index (χ0v) is 14.9. The van der Waals surface area contributed by atoms with Crippen LogP contribution in [0.1, 0.15) is 5.56 Å². The van der Waals surface area contributed by atoms with Crippen LogP contribution in [0.3, 0.4) is 0 Å². The minimum atomic E-state index is -2.83. The Kier molecular flexibility index (Phi) is 5.20. The molecule has 0 atom stereocenters. The Bertz CT molecular complexity index is 1080. The Hall–Kier alpha value is -2.90. The van der Waals surface area contributed by atoms with Crippen LogP contribution in [0.5, 0.6) is 0 Å². The number of halogens is 1. The molecule has 8 heteroatoms. The highest BCUT2D eigenvalue weighted by molar-refractivity contribution is 7.74. The van der Waals surface area contributed by atoms with Crippen molar-refractivity contribution in [3.8, 4) is 16.9 Å². The van der Waals surface area contributed by atoms with Gasteiger partial charge in [0.15, 0.2) is 4.86 Å². The van der Waals surface area contributed by atoms with Crippen LogP contribution in [0, 0.1) is 0 Å². The number of carbonyl (C=O) groups is 1. The molecular formula is C18H13ClN2O4S. The van der Waals surface area contributed by atoms with Crippen LogP contribution in [-0.2, 0) is 21.5 Å². The largest absolute Gasteiger partial charge is 0.477 e. The Labute approximate surface area is 155 Å². The van der Waals surface area contributed by atoms with Crippen molar-refractivity contribution in [2.75, 3.05) is 0 Å². The van der Waals surface area contributed by atoms with Crippen LogP contribution in [0.2, 0.25) is 5.02 Å². The van der Waals surface area contributed by atoms with Gasteiger partial charge in [0.05, 0.1) is 11.4 Å². The van der Waals surface area contributed by atoms with Crippen molar-refractivity contribution < 1.29 is 18.3 Å². The highest BCUT2D eigenvalue weighted by atomic mass is 35.5. The van der Waals surface area contributed by atoms with Gasteiger partial charge in [0.25, 0.3) is 0 Å². The third kappa shape index (κ3) is 3.84. The molecule has 3 rings (SSSR count). The van der Waals surface area contributed by atoms with Crippen molar-refractivity contribution in [3.05, 3.63) is 71.4 Å². The summed E-state index contributed by atoms with van der Waals surface area (Å²) >= 11 is 5.92. The van der Waals surface area contributed by atoms with Gasteiger partial charge in [-0.25, -0.2) is 9.48 Å². The number of carboxylic acids is 1. The van der Waals surface area contributed by atoms with E-state index in [-0.39, 0.29) is 6.42 Å². The van der Waals surface area contributed by atoms with Crippen LogP contribution in [-0.4, -0.2) is 34.1 Å². The molecule has 1 aromatic heterocycles. The lowest BCUT2D eigenvalue weighted by Gasteiger charge is -2.02. The number of hydrogen-bond donors (Lipinski definition) is 1. The molecule has 0 saturated heterocycles. The lowest BCUT2D eigenvalue weighted by Crippen LogP contribution is -2.17. The number of benzene rings is 2. The summed E-state index contributed by atoms with van der Waals surface area (Å²) in [6.07, 6.45) is 1.37. The summed E-state index contributed by atoms with van der Waals surface area (Å²) in [5.41, 5.74) is 2.46. The zero-order valence-electron chi connectivity index (χ0n) is 13.3. The maximum absolute atomic E-state index is 11.3. The summed E-state index contributed by atoms with van der Waals surface area (Å²) in [6.45, 7) is 0. The maximum atomic E-state index is 11.3. The molecule has 0 aliphatic rings. The van der Waals surface area contributed by atoms with Gasteiger partial charge in [0.2, 0.25) is 10.3 Å². The molecule has 0 aliphatic heterocycles. The minimum Gasteiger partial charge on any atom is -0.477 e. The van der Waals surface area contributed by atoms with Gasteiger partial charge in [-0.05, 0) is 24.3 Å². The highest BCUT2D eigenvalue weighted by Crippen LogP contribution is 2.26. The molecule has 132 valence electrons. The Morgan fingerprint density at radius 3 is 2.31 bits per heavy atom. The first-order chi connectivity index (χ1) is 12.5. The van der Waals surface area contributed by atoms with Gasteiger partial charge in [-0.15, -0.1) is 0 Å². The molecule has 0 saturated carbocycles. The van der Waals surface area contributed by atoms with Crippen molar-refractivity contribution in [2.24, 2.45) is 0 Å². The summed E-state index contributed by atoms with van der Waals surface area (Å²) in [4.78, 5) is 10.6. The SMILES string of the molecule is O=C(O)C(Cc1cn(-c2ccccc2)nc1-c1ccc(Cl)cc1)=S(=O)=O. The first-order valence-corrected chi connectivity index (χ1v) is 8.99. The van der Waals surface area contributed by atoms with Crippen LogP contribution in [0.4, 0.5) is 0 Å². The Morgan fingerprint density at radius 2 is 1.73 bits per heavy atom. The number of para-hydroxylation sites is 1. The van der Waals surface area contributed by atoms with Crippen LogP contribution >= 0.6 is 11.6 Å². The van der Waals surface area contributed by atoms with E-state index in [0.717, 1.165) is 5.69 Å². The fraction of sp³-hybridized carbons (Fsp3) is 0.0556. The number of nitrogens with zero attached hydrogens (tertiary/aromatic N) is 2. The molecule has 1 heterocycles. The minimum absolute atomic E-state index is 0.268. The van der Waals surface area contributed by atoms with E-state index in [2.05, 4.69) is 5.10 Å². The summed E-state index contributed by atoms with van der Waals surface area (Å²) in [7, 11) is -2.83. The van der Waals surface area contributed by atoms with Gasteiger partial charge >= 0.3 is 5.97 Å². The second-order valence-electron chi connectivity index (χ2n) is 5.43. The smallest absolute Gasteiger partial charge is 0.347 e. The number of rotatable bonds is 5. The second-order valence-corrected chi connectivity index (χ2v) is 6.83. The summed E-state index contributed by atoms with van der Waals surface area (Å²) < 4.78 is 24.1. The second kappa shape index (κ2) is 7.55. The van der Waals surface area contributed by atoms with Crippen molar-refractivity contribution >= 4 is 32.7 Å². The highest BCUT2D eigenvalue weighted by Gasteiger charge is 2.19. The van der Waals surface area contributed by atoms with Gasteiger partial charge in [0, 0.05) is 28.8 Å². The lowest BCUT2D eigenvalue weighted by atomic mass is 10.0. The topological polar surface area (TPSA) is 89.3 Å². The standard InChI is InChI=1S/C18H13ClN2O4S/c19-14-8-6-12(7-9-14)17-13(10-16(18(22)23)26(24)25)11-21(20-17)15-4-2-1-3-5-15/h1-9,11H,10H2,(H,22,23). The average molecular weight is 389 g/mol. The fourth-order valence-corrected chi connectivity index (χ4v) is 3.02. The van der Waals surface area contributed by atoms with E-state index in [0.29, 0.717) is 21.8 Å². The molecule has 0 unspecified atom stereocenters. The monoisotopic (exact) mass is 388 g/mol. The molecular weight excluding hydrogens is 376 g/mol. The van der Waals surface area contributed by atoms with Crippen LogP contribution < -0.4 is 0 Å². The quantitative estimate of drug-likeness (QED) is 0.679. The molecule has 0 bridgehead atoms. The van der Waals surface area contributed by atoms with Crippen LogP contribution in [0.15, 0.2) is 60.8 Å². The molecule has 0 fully saturated rings. The molecule has 1 N–H and O–H groups in total. The van der Waals surface area contributed by atoms with Gasteiger partial charge in [0.1, 0.15) is 0 Å². The fourth-order valence-electron chi connectivity index (χ4n) is 2.48. The number of aromatic nitrogens is 2. The van der Waals surface area contributed by atoms with Gasteiger partial charge in [-0.1, -0.05) is 41.9 Å². The molecule has 0 aliphatic carbocycles.